The second-order valence-electron chi connectivity index (χ2n) is 2.66. The predicted octanol–water partition coefficient (Wildman–Crippen LogP) is 3.72. The summed E-state index contributed by atoms with van der Waals surface area (Å²) in [4.78, 5) is 11.1. The van der Waals surface area contributed by atoms with E-state index in [-0.39, 0.29) is 5.78 Å². The zero-order valence-corrected chi connectivity index (χ0v) is 9.99. The van der Waals surface area contributed by atoms with Crippen LogP contribution in [-0.4, -0.2) is 5.78 Å². The van der Waals surface area contributed by atoms with Crippen molar-refractivity contribution in [2.24, 2.45) is 0 Å². The molecule has 1 nitrogen and oxygen atoms in total. The molecule has 0 aromatic heterocycles. The van der Waals surface area contributed by atoms with E-state index in [2.05, 4.69) is 31.9 Å². The second kappa shape index (κ2) is 3.71. The first-order chi connectivity index (χ1) is 5.52. The van der Waals surface area contributed by atoms with Crippen LogP contribution in [-0.2, 0) is 0 Å². The lowest BCUT2D eigenvalue weighted by Crippen LogP contribution is -1.95. The lowest BCUT2D eigenvalue weighted by atomic mass is 10.1. The van der Waals surface area contributed by atoms with Crippen molar-refractivity contribution < 1.29 is 4.79 Å². The molecular formula is C9H8Br2O. The Morgan fingerprint density at radius 1 is 1.25 bits per heavy atom. The summed E-state index contributed by atoms with van der Waals surface area (Å²) < 4.78 is 1.70. The van der Waals surface area contributed by atoms with Gasteiger partial charge in [-0.05, 0) is 63.4 Å². The highest BCUT2D eigenvalue weighted by molar-refractivity contribution is 9.11. The Hall–Kier alpha value is -0.150. The van der Waals surface area contributed by atoms with Crippen molar-refractivity contribution in [2.45, 2.75) is 13.8 Å². The van der Waals surface area contributed by atoms with Crippen LogP contribution < -0.4 is 0 Å². The van der Waals surface area contributed by atoms with Gasteiger partial charge in [-0.3, -0.25) is 4.79 Å². The maximum absolute atomic E-state index is 11.1. The summed E-state index contributed by atoms with van der Waals surface area (Å²) in [5.74, 6) is 0.0637. The van der Waals surface area contributed by atoms with Crippen LogP contribution in [0, 0.1) is 6.92 Å². The number of ketones is 1. The average molecular weight is 292 g/mol. The molecule has 1 rings (SSSR count). The number of halogens is 2. The van der Waals surface area contributed by atoms with Crippen molar-refractivity contribution in [1.29, 1.82) is 0 Å². The van der Waals surface area contributed by atoms with E-state index in [4.69, 9.17) is 0 Å². The number of carbonyl (C=O) groups is 1. The van der Waals surface area contributed by atoms with Crippen LogP contribution >= 0.6 is 31.9 Å². The van der Waals surface area contributed by atoms with E-state index in [1.165, 1.54) is 0 Å². The van der Waals surface area contributed by atoms with Gasteiger partial charge in [-0.1, -0.05) is 0 Å². The van der Waals surface area contributed by atoms with E-state index in [9.17, 15) is 4.79 Å². The molecule has 64 valence electrons. The lowest BCUT2D eigenvalue weighted by molar-refractivity contribution is 0.101. The van der Waals surface area contributed by atoms with Crippen LogP contribution in [0.5, 0.6) is 0 Å². The Bertz CT molecular complexity index is 308. The molecular weight excluding hydrogens is 284 g/mol. The molecule has 0 radical (unpaired) electrons. The molecule has 0 amide bonds. The standard InChI is InChI=1S/C9H8Br2O/c1-5-3-7(10)9(6(2)12)8(11)4-5/h3-4H,1-2H3. The Balaban J connectivity index is 3.38. The van der Waals surface area contributed by atoms with Gasteiger partial charge in [0.05, 0.1) is 0 Å². The van der Waals surface area contributed by atoms with Crippen LogP contribution in [0.4, 0.5) is 0 Å². The van der Waals surface area contributed by atoms with Crippen molar-refractivity contribution in [3.8, 4) is 0 Å². The molecule has 12 heavy (non-hydrogen) atoms. The van der Waals surface area contributed by atoms with E-state index >= 15 is 0 Å². The van der Waals surface area contributed by atoms with Crippen molar-refractivity contribution in [2.75, 3.05) is 0 Å². The minimum atomic E-state index is 0.0637. The third-order valence-corrected chi connectivity index (χ3v) is 2.79. The van der Waals surface area contributed by atoms with Gasteiger partial charge in [-0.25, -0.2) is 0 Å². The second-order valence-corrected chi connectivity index (χ2v) is 4.37. The molecule has 0 spiro atoms. The molecule has 0 atom stereocenters. The van der Waals surface area contributed by atoms with Gasteiger partial charge >= 0.3 is 0 Å². The molecule has 0 heterocycles. The fourth-order valence-corrected chi connectivity index (χ4v) is 3.01. The molecule has 1 aromatic carbocycles. The third-order valence-electron chi connectivity index (χ3n) is 1.54. The van der Waals surface area contributed by atoms with Gasteiger partial charge in [0.15, 0.2) is 5.78 Å². The molecule has 0 N–H and O–H groups in total. The molecule has 3 heteroatoms. The van der Waals surface area contributed by atoms with Gasteiger partial charge in [-0.15, -0.1) is 0 Å². The fourth-order valence-electron chi connectivity index (χ4n) is 1.04. The number of Topliss-reactive ketones (excluding diaryl/α,β-unsaturated/α-hetero) is 1. The van der Waals surface area contributed by atoms with Gasteiger partial charge in [0.25, 0.3) is 0 Å². The van der Waals surface area contributed by atoms with Crippen molar-refractivity contribution >= 4 is 37.6 Å². The quantitative estimate of drug-likeness (QED) is 0.721. The van der Waals surface area contributed by atoms with Crippen LogP contribution in [0.2, 0.25) is 0 Å². The molecule has 0 bridgehead atoms. The number of carbonyl (C=O) groups excluding carboxylic acids is 1. The first kappa shape index (κ1) is 9.93. The number of hydrogen-bond acceptors (Lipinski definition) is 1. The van der Waals surface area contributed by atoms with E-state index in [1.807, 2.05) is 19.1 Å². The zero-order chi connectivity index (χ0) is 9.30. The topological polar surface area (TPSA) is 17.1 Å². The highest BCUT2D eigenvalue weighted by Crippen LogP contribution is 2.27. The lowest BCUT2D eigenvalue weighted by Gasteiger charge is -2.04. The van der Waals surface area contributed by atoms with E-state index in [0.717, 1.165) is 14.5 Å². The third kappa shape index (κ3) is 1.96. The van der Waals surface area contributed by atoms with Gasteiger partial charge in [-0.2, -0.15) is 0 Å². The highest BCUT2D eigenvalue weighted by Gasteiger charge is 2.09. The molecule has 0 aliphatic rings. The summed E-state index contributed by atoms with van der Waals surface area (Å²) in [5.41, 5.74) is 1.83. The average Bonchev–Trinajstić information content (AvgIpc) is 1.82. The molecule has 0 unspecified atom stereocenters. The summed E-state index contributed by atoms with van der Waals surface area (Å²) in [7, 11) is 0. The molecule has 0 saturated heterocycles. The van der Waals surface area contributed by atoms with Gasteiger partial charge < -0.3 is 0 Å². The molecule has 0 aliphatic heterocycles. The minimum Gasteiger partial charge on any atom is -0.294 e. The van der Waals surface area contributed by atoms with Crippen LogP contribution in [0.1, 0.15) is 22.8 Å². The van der Waals surface area contributed by atoms with Crippen LogP contribution in [0.15, 0.2) is 21.1 Å². The normalized spacial score (nSPS) is 10.0. The van der Waals surface area contributed by atoms with Crippen molar-refractivity contribution in [3.63, 3.8) is 0 Å². The highest BCUT2D eigenvalue weighted by atomic mass is 79.9. The Kier molecular flexibility index (Phi) is 3.07. The van der Waals surface area contributed by atoms with Crippen LogP contribution in [0.25, 0.3) is 0 Å². The van der Waals surface area contributed by atoms with E-state index < -0.39 is 0 Å². The Morgan fingerprint density at radius 3 is 2.00 bits per heavy atom. The maximum atomic E-state index is 11.1. The molecule has 0 saturated carbocycles. The predicted molar refractivity (Wildman–Crippen MR) is 56.6 cm³/mol. The fraction of sp³-hybridized carbons (Fsp3) is 0.222. The monoisotopic (exact) mass is 290 g/mol. The number of benzene rings is 1. The zero-order valence-electron chi connectivity index (χ0n) is 6.82. The van der Waals surface area contributed by atoms with Gasteiger partial charge in [0, 0.05) is 14.5 Å². The number of hydrogen-bond donors (Lipinski definition) is 0. The first-order valence-corrected chi connectivity index (χ1v) is 5.07. The van der Waals surface area contributed by atoms with Gasteiger partial charge in [0.2, 0.25) is 0 Å². The molecule has 0 aliphatic carbocycles. The van der Waals surface area contributed by atoms with Crippen molar-refractivity contribution in [1.82, 2.24) is 0 Å². The smallest absolute Gasteiger partial charge is 0.162 e. The number of aryl methyl sites for hydroxylation is 1. The number of rotatable bonds is 1. The summed E-state index contributed by atoms with van der Waals surface area (Å²) in [6.45, 7) is 3.54. The molecule has 0 fully saturated rings. The Morgan fingerprint density at radius 2 is 1.67 bits per heavy atom. The SMILES string of the molecule is CC(=O)c1c(Br)cc(C)cc1Br. The Labute approximate surface area is 88.4 Å². The summed E-state index contributed by atoms with van der Waals surface area (Å²) in [6.07, 6.45) is 0. The summed E-state index contributed by atoms with van der Waals surface area (Å²) in [5, 5.41) is 0. The first-order valence-electron chi connectivity index (χ1n) is 3.49. The minimum absolute atomic E-state index is 0.0637. The summed E-state index contributed by atoms with van der Waals surface area (Å²) >= 11 is 6.70. The van der Waals surface area contributed by atoms with E-state index in [0.29, 0.717) is 5.56 Å². The van der Waals surface area contributed by atoms with E-state index in [1.54, 1.807) is 6.92 Å². The van der Waals surface area contributed by atoms with Crippen LogP contribution in [0.3, 0.4) is 0 Å². The molecule has 1 aromatic rings. The summed E-state index contributed by atoms with van der Waals surface area (Å²) in [6, 6.07) is 3.86. The largest absolute Gasteiger partial charge is 0.294 e. The van der Waals surface area contributed by atoms with Gasteiger partial charge in [0.1, 0.15) is 0 Å². The maximum Gasteiger partial charge on any atom is 0.162 e. The van der Waals surface area contributed by atoms with Crippen molar-refractivity contribution in [3.05, 3.63) is 32.2 Å².